The Morgan fingerprint density at radius 2 is 1.64 bits per heavy atom. The van der Waals surface area contributed by atoms with E-state index in [0.717, 1.165) is 43.1 Å². The topological polar surface area (TPSA) is 96.0 Å². The predicted octanol–water partition coefficient (Wildman–Crippen LogP) is 6.25. The lowest BCUT2D eigenvalue weighted by Crippen LogP contribution is -2.52. The first-order valence-electron chi connectivity index (χ1n) is 14.7. The molecule has 0 bridgehead atoms. The van der Waals surface area contributed by atoms with E-state index in [0.29, 0.717) is 27.9 Å². The number of carbonyl (C=O) groups is 2. The van der Waals surface area contributed by atoms with Crippen LogP contribution in [0.2, 0.25) is 10.0 Å². The summed E-state index contributed by atoms with van der Waals surface area (Å²) in [6.07, 6.45) is 5.70. The Kier molecular flexibility index (Phi) is 11.9. The van der Waals surface area contributed by atoms with Crippen molar-refractivity contribution in [2.24, 2.45) is 0 Å². The van der Waals surface area contributed by atoms with E-state index >= 15 is 0 Å². The van der Waals surface area contributed by atoms with Crippen molar-refractivity contribution in [1.82, 2.24) is 10.2 Å². The second-order valence-electron chi connectivity index (χ2n) is 11.1. The van der Waals surface area contributed by atoms with Crippen LogP contribution < -0.4 is 14.4 Å². The SMILES string of the molecule is COc1ccc(N(CCCC(=O)N(Cc2ccc(Cl)c(Cl)c2)[C@@H](Cc2ccccc2)C(=O)NC2CCCC2)S(C)(=O)=O)cc1. The van der Waals surface area contributed by atoms with Crippen LogP contribution in [0.1, 0.15) is 49.7 Å². The third-order valence-corrected chi connectivity index (χ3v) is 9.76. The Balaban J connectivity index is 1.59. The maximum absolute atomic E-state index is 14.0. The molecule has 0 heterocycles. The van der Waals surface area contributed by atoms with Crippen molar-refractivity contribution >= 4 is 50.7 Å². The molecule has 0 aliphatic heterocycles. The van der Waals surface area contributed by atoms with Crippen LogP contribution in [0.15, 0.2) is 72.8 Å². The zero-order valence-electron chi connectivity index (χ0n) is 25.0. The number of nitrogens with zero attached hydrogens (tertiary/aromatic N) is 2. The lowest BCUT2D eigenvalue weighted by atomic mass is 10.0. The van der Waals surface area contributed by atoms with Crippen LogP contribution in [0.25, 0.3) is 0 Å². The zero-order valence-corrected chi connectivity index (χ0v) is 27.4. The molecule has 4 rings (SSSR count). The van der Waals surface area contributed by atoms with Crippen molar-refractivity contribution in [3.8, 4) is 5.75 Å². The molecule has 8 nitrogen and oxygen atoms in total. The van der Waals surface area contributed by atoms with Gasteiger partial charge in [-0.25, -0.2) is 8.42 Å². The van der Waals surface area contributed by atoms with Crippen LogP contribution in [0.5, 0.6) is 5.75 Å². The molecule has 0 aromatic heterocycles. The van der Waals surface area contributed by atoms with Crippen molar-refractivity contribution in [2.45, 2.75) is 63.6 Å². The number of rotatable bonds is 14. The number of carbonyl (C=O) groups excluding carboxylic acids is 2. The molecule has 1 aliphatic carbocycles. The summed E-state index contributed by atoms with van der Waals surface area (Å²) in [5.74, 6) is 0.141. The normalized spacial score (nSPS) is 14.2. The molecule has 2 amide bonds. The third kappa shape index (κ3) is 9.36. The van der Waals surface area contributed by atoms with Gasteiger partial charge in [0.15, 0.2) is 0 Å². The Morgan fingerprint density at radius 1 is 0.955 bits per heavy atom. The summed E-state index contributed by atoms with van der Waals surface area (Å²) in [7, 11) is -2.08. The van der Waals surface area contributed by atoms with E-state index < -0.39 is 16.1 Å². The van der Waals surface area contributed by atoms with Crippen molar-refractivity contribution < 1.29 is 22.7 Å². The molecular weight excluding hydrogens is 621 g/mol. The van der Waals surface area contributed by atoms with Gasteiger partial charge in [-0.05, 0) is 66.8 Å². The molecular formula is C33H39Cl2N3O5S. The number of benzene rings is 3. The highest BCUT2D eigenvalue weighted by Crippen LogP contribution is 2.26. The van der Waals surface area contributed by atoms with E-state index in [1.165, 1.54) is 11.4 Å². The molecule has 1 fully saturated rings. The van der Waals surface area contributed by atoms with Crippen molar-refractivity contribution in [2.75, 3.05) is 24.2 Å². The maximum Gasteiger partial charge on any atom is 0.243 e. The summed E-state index contributed by atoms with van der Waals surface area (Å²) < 4.78 is 31.8. The quantitative estimate of drug-likeness (QED) is 0.221. The number of amides is 2. The first-order chi connectivity index (χ1) is 21.0. The highest BCUT2D eigenvalue weighted by molar-refractivity contribution is 7.92. The summed E-state index contributed by atoms with van der Waals surface area (Å²) in [4.78, 5) is 29.5. The van der Waals surface area contributed by atoms with E-state index in [1.807, 2.05) is 30.3 Å². The number of anilines is 1. The monoisotopic (exact) mass is 659 g/mol. The van der Waals surface area contributed by atoms with Gasteiger partial charge in [0, 0.05) is 32.0 Å². The molecule has 1 saturated carbocycles. The Bertz CT molecular complexity index is 1510. The van der Waals surface area contributed by atoms with Crippen LogP contribution in [-0.2, 0) is 32.6 Å². The molecule has 1 atom stereocenters. The molecule has 0 saturated heterocycles. The molecule has 0 unspecified atom stereocenters. The lowest BCUT2D eigenvalue weighted by Gasteiger charge is -2.33. The second-order valence-corrected chi connectivity index (χ2v) is 13.8. The molecule has 3 aromatic carbocycles. The molecule has 236 valence electrons. The smallest absolute Gasteiger partial charge is 0.243 e. The van der Waals surface area contributed by atoms with Gasteiger partial charge in [0.25, 0.3) is 0 Å². The van der Waals surface area contributed by atoms with Crippen molar-refractivity contribution in [1.29, 1.82) is 0 Å². The number of methoxy groups -OCH3 is 1. The number of hydrogen-bond donors (Lipinski definition) is 1. The average Bonchev–Trinajstić information content (AvgIpc) is 3.52. The lowest BCUT2D eigenvalue weighted by molar-refractivity contribution is -0.141. The summed E-state index contributed by atoms with van der Waals surface area (Å²) >= 11 is 12.5. The largest absolute Gasteiger partial charge is 0.497 e. The van der Waals surface area contributed by atoms with Gasteiger partial charge < -0.3 is 15.0 Å². The summed E-state index contributed by atoms with van der Waals surface area (Å²) in [6.45, 7) is 0.231. The number of hydrogen-bond acceptors (Lipinski definition) is 5. The van der Waals surface area contributed by atoms with Crippen LogP contribution in [0.3, 0.4) is 0 Å². The zero-order chi connectivity index (χ0) is 31.7. The summed E-state index contributed by atoms with van der Waals surface area (Å²) in [6, 6.07) is 20.8. The van der Waals surface area contributed by atoms with Gasteiger partial charge in [-0.2, -0.15) is 0 Å². The fourth-order valence-electron chi connectivity index (χ4n) is 5.51. The molecule has 0 spiro atoms. The van der Waals surface area contributed by atoms with Crippen molar-refractivity contribution in [3.05, 3.63) is 94.0 Å². The predicted molar refractivity (Wildman–Crippen MR) is 176 cm³/mol. The molecule has 11 heteroatoms. The van der Waals surface area contributed by atoms with Gasteiger partial charge in [-0.15, -0.1) is 0 Å². The highest BCUT2D eigenvalue weighted by Gasteiger charge is 2.32. The minimum absolute atomic E-state index is 0.0332. The van der Waals surface area contributed by atoms with E-state index in [4.69, 9.17) is 27.9 Å². The Hall–Kier alpha value is -3.27. The van der Waals surface area contributed by atoms with E-state index in [1.54, 1.807) is 47.4 Å². The number of halogens is 2. The van der Waals surface area contributed by atoms with Gasteiger partial charge >= 0.3 is 0 Å². The molecule has 1 N–H and O–H groups in total. The first kappa shape index (κ1) is 33.6. The molecule has 0 radical (unpaired) electrons. The van der Waals surface area contributed by atoms with Gasteiger partial charge in [-0.1, -0.05) is 72.4 Å². The minimum atomic E-state index is -3.62. The molecule has 3 aromatic rings. The third-order valence-electron chi connectivity index (χ3n) is 7.82. The van der Waals surface area contributed by atoms with Crippen LogP contribution in [0, 0.1) is 0 Å². The summed E-state index contributed by atoms with van der Waals surface area (Å²) in [5, 5.41) is 3.94. The Morgan fingerprint density at radius 3 is 2.25 bits per heavy atom. The fraction of sp³-hybridized carbons (Fsp3) is 0.394. The maximum atomic E-state index is 14.0. The minimum Gasteiger partial charge on any atom is -0.497 e. The van der Waals surface area contributed by atoms with E-state index in [2.05, 4.69) is 5.32 Å². The van der Waals surface area contributed by atoms with Crippen molar-refractivity contribution in [3.63, 3.8) is 0 Å². The van der Waals surface area contributed by atoms with Gasteiger partial charge in [-0.3, -0.25) is 13.9 Å². The standard InChI is InChI=1S/C33H39Cl2N3O5S/c1-43-28-17-15-27(16-18-28)38(44(2,41)42)20-8-13-32(39)37(23-25-14-19-29(34)30(35)21-25)31(22-24-9-4-3-5-10-24)33(40)36-26-11-6-7-12-26/h3-5,9-10,14-19,21,26,31H,6-8,11-13,20,22-23H2,1-2H3,(H,36,40)/t31-/m0/s1. The number of ether oxygens (including phenoxy) is 1. The first-order valence-corrected chi connectivity index (χ1v) is 17.3. The van der Waals surface area contributed by atoms with Gasteiger partial charge in [0.05, 0.1) is 29.1 Å². The van der Waals surface area contributed by atoms with Gasteiger partial charge in [0.1, 0.15) is 11.8 Å². The Labute approximate surface area is 270 Å². The summed E-state index contributed by atoms with van der Waals surface area (Å²) in [5.41, 5.74) is 2.13. The fourth-order valence-corrected chi connectivity index (χ4v) is 6.79. The van der Waals surface area contributed by atoms with E-state index in [9.17, 15) is 18.0 Å². The van der Waals surface area contributed by atoms with Crippen LogP contribution in [-0.4, -0.2) is 57.1 Å². The second kappa shape index (κ2) is 15.6. The van der Waals surface area contributed by atoms with E-state index in [-0.39, 0.29) is 43.8 Å². The van der Waals surface area contributed by atoms with Crippen LogP contribution >= 0.6 is 23.2 Å². The number of sulfonamides is 1. The average molecular weight is 661 g/mol. The molecule has 1 aliphatic rings. The van der Waals surface area contributed by atoms with Crippen LogP contribution in [0.4, 0.5) is 5.69 Å². The molecule has 44 heavy (non-hydrogen) atoms. The number of nitrogens with one attached hydrogen (secondary N) is 1. The highest BCUT2D eigenvalue weighted by atomic mass is 35.5. The van der Waals surface area contributed by atoms with Gasteiger partial charge in [0.2, 0.25) is 21.8 Å².